The highest BCUT2D eigenvalue weighted by Crippen LogP contribution is 2.36. The molecule has 0 saturated heterocycles. The highest BCUT2D eigenvalue weighted by Gasteiger charge is 2.14. The topological polar surface area (TPSA) is 64.6 Å². The summed E-state index contributed by atoms with van der Waals surface area (Å²) in [6, 6.07) is 8.11. The molecule has 0 heterocycles. The molecule has 2 aromatic carbocycles. The predicted octanol–water partition coefficient (Wildman–Crippen LogP) is 4.14. The molecule has 2 rings (SSSR count). The van der Waals surface area contributed by atoms with E-state index in [9.17, 15) is 9.59 Å². The van der Waals surface area contributed by atoms with E-state index in [1.54, 1.807) is 18.2 Å². The minimum Gasteiger partial charge on any atom is -0.493 e. The van der Waals surface area contributed by atoms with E-state index in [-0.39, 0.29) is 29.0 Å². The lowest BCUT2D eigenvalue weighted by atomic mass is 10.2. The zero-order chi connectivity index (χ0) is 17.7. The van der Waals surface area contributed by atoms with Crippen LogP contribution in [0.5, 0.6) is 11.5 Å². The van der Waals surface area contributed by atoms with Crippen molar-refractivity contribution in [2.24, 2.45) is 0 Å². The Balaban J connectivity index is 2.06. The Kier molecular flexibility index (Phi) is 6.06. The average molecular weight is 368 g/mol. The van der Waals surface area contributed by atoms with Gasteiger partial charge in [-0.3, -0.25) is 9.59 Å². The number of carbonyl (C=O) groups is 2. The van der Waals surface area contributed by atoms with Gasteiger partial charge in [0.25, 0.3) is 5.91 Å². The normalized spacial score (nSPS) is 10.2. The van der Waals surface area contributed by atoms with Crippen LogP contribution in [0.4, 0.5) is 5.69 Å². The summed E-state index contributed by atoms with van der Waals surface area (Å²) in [7, 11) is 1.42. The maximum absolute atomic E-state index is 12.0. The maximum Gasteiger partial charge on any atom is 0.262 e. The first-order valence-corrected chi connectivity index (χ1v) is 7.71. The van der Waals surface area contributed by atoms with Crippen LogP contribution in [-0.2, 0) is 4.79 Å². The molecule has 0 bridgehead atoms. The number of anilines is 1. The Hall–Kier alpha value is -2.24. The molecule has 0 fully saturated rings. The van der Waals surface area contributed by atoms with Crippen molar-refractivity contribution < 1.29 is 19.1 Å². The smallest absolute Gasteiger partial charge is 0.262 e. The number of methoxy groups -OCH3 is 1. The molecule has 1 N–H and O–H groups in total. The fraction of sp³-hybridized carbons (Fsp3) is 0.176. The number of hydrogen-bond acceptors (Lipinski definition) is 4. The third-order valence-electron chi connectivity index (χ3n) is 3.19. The summed E-state index contributed by atoms with van der Waals surface area (Å²) < 4.78 is 10.6. The van der Waals surface area contributed by atoms with Crippen molar-refractivity contribution in [1.29, 1.82) is 0 Å². The van der Waals surface area contributed by atoms with Gasteiger partial charge in [0.05, 0.1) is 12.1 Å². The molecule has 0 aliphatic carbocycles. The molecule has 5 nitrogen and oxygen atoms in total. The van der Waals surface area contributed by atoms with Gasteiger partial charge in [-0.25, -0.2) is 0 Å². The van der Waals surface area contributed by atoms with E-state index in [1.165, 1.54) is 19.2 Å². The van der Waals surface area contributed by atoms with Gasteiger partial charge in [0.2, 0.25) is 0 Å². The Labute approximate surface area is 149 Å². The van der Waals surface area contributed by atoms with Crippen LogP contribution in [0.3, 0.4) is 0 Å². The van der Waals surface area contributed by atoms with Gasteiger partial charge in [0, 0.05) is 16.3 Å². The van der Waals surface area contributed by atoms with Crippen molar-refractivity contribution in [3.63, 3.8) is 0 Å². The van der Waals surface area contributed by atoms with E-state index in [1.807, 2.05) is 6.92 Å². The first-order chi connectivity index (χ1) is 11.4. The molecule has 0 aliphatic heterocycles. The monoisotopic (exact) mass is 367 g/mol. The van der Waals surface area contributed by atoms with Crippen LogP contribution < -0.4 is 14.8 Å². The molecule has 126 valence electrons. The summed E-state index contributed by atoms with van der Waals surface area (Å²) >= 11 is 12.1. The number of amides is 1. The highest BCUT2D eigenvalue weighted by atomic mass is 35.5. The van der Waals surface area contributed by atoms with Crippen LogP contribution in [0, 0.1) is 6.92 Å². The molecule has 0 unspecified atom stereocenters. The van der Waals surface area contributed by atoms with Crippen molar-refractivity contribution in [2.45, 2.75) is 6.92 Å². The number of nitrogens with one attached hydrogen (secondary N) is 1. The van der Waals surface area contributed by atoms with Crippen LogP contribution in [0.15, 0.2) is 30.3 Å². The number of rotatable bonds is 6. The van der Waals surface area contributed by atoms with Gasteiger partial charge in [-0.15, -0.1) is 0 Å². The average Bonchev–Trinajstić information content (AvgIpc) is 2.56. The molecular formula is C17H15Cl2NO4. The fourth-order valence-corrected chi connectivity index (χ4v) is 2.41. The summed E-state index contributed by atoms with van der Waals surface area (Å²) in [6.07, 6.45) is 0.645. The molecule has 1 amide bonds. The van der Waals surface area contributed by atoms with E-state index in [0.29, 0.717) is 22.6 Å². The lowest BCUT2D eigenvalue weighted by Gasteiger charge is -2.13. The van der Waals surface area contributed by atoms with Gasteiger partial charge in [-0.2, -0.15) is 0 Å². The van der Waals surface area contributed by atoms with Crippen LogP contribution >= 0.6 is 23.2 Å². The van der Waals surface area contributed by atoms with Gasteiger partial charge in [-0.05, 0) is 36.8 Å². The second-order valence-corrected chi connectivity index (χ2v) is 5.77. The van der Waals surface area contributed by atoms with E-state index in [4.69, 9.17) is 32.7 Å². The Morgan fingerprint density at radius 3 is 2.58 bits per heavy atom. The highest BCUT2D eigenvalue weighted by molar-refractivity contribution is 6.32. The maximum atomic E-state index is 12.0. The lowest BCUT2D eigenvalue weighted by Crippen LogP contribution is -2.20. The number of ether oxygens (including phenoxy) is 2. The molecule has 0 aliphatic rings. The first-order valence-electron chi connectivity index (χ1n) is 6.96. The second kappa shape index (κ2) is 8.04. The van der Waals surface area contributed by atoms with Gasteiger partial charge in [0.15, 0.2) is 18.1 Å². The molecule has 0 atom stereocenters. The largest absolute Gasteiger partial charge is 0.493 e. The van der Waals surface area contributed by atoms with E-state index >= 15 is 0 Å². The minimum atomic E-state index is -0.382. The lowest BCUT2D eigenvalue weighted by molar-refractivity contribution is -0.118. The number of aryl methyl sites for hydroxylation is 1. The predicted molar refractivity (Wildman–Crippen MR) is 93.7 cm³/mol. The van der Waals surface area contributed by atoms with Crippen LogP contribution in [0.25, 0.3) is 0 Å². The zero-order valence-electron chi connectivity index (χ0n) is 13.1. The van der Waals surface area contributed by atoms with Crippen molar-refractivity contribution in [3.05, 3.63) is 51.5 Å². The summed E-state index contributed by atoms with van der Waals surface area (Å²) in [5, 5.41) is 3.41. The minimum absolute atomic E-state index is 0.183. The Bertz CT molecular complexity index is 777. The SMILES string of the molecule is COc1cc(C=O)cc(Cl)c1OCC(=O)Nc1ccc(C)c(Cl)c1. The molecule has 0 radical (unpaired) electrons. The fourth-order valence-electron chi connectivity index (χ4n) is 1.95. The van der Waals surface area contributed by atoms with E-state index in [0.717, 1.165) is 5.56 Å². The molecule has 24 heavy (non-hydrogen) atoms. The Morgan fingerprint density at radius 1 is 1.21 bits per heavy atom. The quantitative estimate of drug-likeness (QED) is 0.779. The third kappa shape index (κ3) is 4.40. The van der Waals surface area contributed by atoms with Crippen molar-refractivity contribution in [3.8, 4) is 11.5 Å². The number of halogens is 2. The van der Waals surface area contributed by atoms with Gasteiger partial charge in [-0.1, -0.05) is 29.3 Å². The number of benzene rings is 2. The van der Waals surface area contributed by atoms with E-state index in [2.05, 4.69) is 5.32 Å². The van der Waals surface area contributed by atoms with Crippen LogP contribution in [0.1, 0.15) is 15.9 Å². The van der Waals surface area contributed by atoms with Crippen LogP contribution in [-0.4, -0.2) is 25.9 Å². The molecule has 2 aromatic rings. The summed E-state index contributed by atoms with van der Waals surface area (Å²) in [5.74, 6) is 0.0881. The van der Waals surface area contributed by atoms with Crippen molar-refractivity contribution >= 4 is 41.1 Å². The van der Waals surface area contributed by atoms with Gasteiger partial charge < -0.3 is 14.8 Å². The first kappa shape index (κ1) is 18.1. The summed E-state index contributed by atoms with van der Waals surface area (Å²) in [4.78, 5) is 22.8. The molecule has 0 saturated carbocycles. The summed E-state index contributed by atoms with van der Waals surface area (Å²) in [5.41, 5.74) is 1.83. The number of hydrogen-bond donors (Lipinski definition) is 1. The van der Waals surface area contributed by atoms with Gasteiger partial charge >= 0.3 is 0 Å². The van der Waals surface area contributed by atoms with Crippen LogP contribution in [0.2, 0.25) is 10.0 Å². The number of aldehydes is 1. The second-order valence-electron chi connectivity index (χ2n) is 4.95. The molecule has 0 spiro atoms. The van der Waals surface area contributed by atoms with Crippen molar-refractivity contribution in [1.82, 2.24) is 0 Å². The standard InChI is InChI=1S/C17H15Cl2NO4/c1-10-3-4-12(7-13(10)18)20-16(22)9-24-17-14(19)5-11(8-21)6-15(17)23-2/h3-8H,9H2,1-2H3,(H,20,22). The number of carbonyl (C=O) groups excluding carboxylic acids is 2. The molecular weight excluding hydrogens is 353 g/mol. The summed E-state index contributed by atoms with van der Waals surface area (Å²) in [6.45, 7) is 1.59. The zero-order valence-corrected chi connectivity index (χ0v) is 14.6. The third-order valence-corrected chi connectivity index (χ3v) is 3.88. The van der Waals surface area contributed by atoms with Gasteiger partial charge in [0.1, 0.15) is 6.29 Å². The molecule has 7 heteroatoms. The molecule has 0 aromatic heterocycles. The Morgan fingerprint density at radius 2 is 1.96 bits per heavy atom. The van der Waals surface area contributed by atoms with Crippen molar-refractivity contribution in [2.75, 3.05) is 19.0 Å². The van der Waals surface area contributed by atoms with E-state index < -0.39 is 0 Å².